The van der Waals surface area contributed by atoms with Gasteiger partial charge >= 0.3 is 12.0 Å². The summed E-state index contributed by atoms with van der Waals surface area (Å²) in [5.74, 6) is -2.21. The SMILES string of the molecule is C=C[C@@H](CC)[C@H](NC(=O)Nc1ccc(Br)cc1F)C(=O)O. The van der Waals surface area contributed by atoms with Gasteiger partial charge in [-0.05, 0) is 24.6 Å². The third-order valence-corrected chi connectivity index (χ3v) is 3.43. The number of carbonyl (C=O) groups excluding carboxylic acids is 1. The molecule has 0 radical (unpaired) electrons. The molecule has 7 heteroatoms. The molecule has 0 bridgehead atoms. The van der Waals surface area contributed by atoms with Gasteiger partial charge in [0.15, 0.2) is 0 Å². The average molecular weight is 359 g/mol. The molecule has 0 aliphatic carbocycles. The number of hydrogen-bond donors (Lipinski definition) is 3. The molecule has 0 saturated heterocycles. The number of halogens is 2. The highest BCUT2D eigenvalue weighted by molar-refractivity contribution is 9.10. The highest BCUT2D eigenvalue weighted by atomic mass is 79.9. The van der Waals surface area contributed by atoms with Crippen LogP contribution >= 0.6 is 15.9 Å². The zero-order valence-electron chi connectivity index (χ0n) is 11.4. The van der Waals surface area contributed by atoms with E-state index in [-0.39, 0.29) is 5.69 Å². The standard InChI is InChI=1S/C14H16BrFN2O3/c1-3-8(4-2)12(13(19)20)18-14(21)17-11-6-5-9(15)7-10(11)16/h3,5-8,12H,1,4H2,2H3,(H,19,20)(H2,17,18,21)/t8-,12-/m0/s1. The largest absolute Gasteiger partial charge is 0.480 e. The fraction of sp³-hybridized carbons (Fsp3) is 0.286. The second-order valence-corrected chi connectivity index (χ2v) is 5.26. The monoisotopic (exact) mass is 358 g/mol. The predicted octanol–water partition coefficient (Wildman–Crippen LogP) is 3.38. The van der Waals surface area contributed by atoms with Crippen molar-refractivity contribution in [1.29, 1.82) is 0 Å². The van der Waals surface area contributed by atoms with E-state index in [1.165, 1.54) is 18.2 Å². The topological polar surface area (TPSA) is 78.4 Å². The number of carbonyl (C=O) groups is 2. The van der Waals surface area contributed by atoms with Crippen LogP contribution in [0.1, 0.15) is 13.3 Å². The molecular weight excluding hydrogens is 343 g/mol. The quantitative estimate of drug-likeness (QED) is 0.682. The van der Waals surface area contributed by atoms with Crippen molar-refractivity contribution in [3.05, 3.63) is 41.1 Å². The first-order chi connectivity index (χ1) is 9.88. The smallest absolute Gasteiger partial charge is 0.326 e. The Balaban J connectivity index is 2.78. The Bertz CT molecular complexity index is 551. The van der Waals surface area contributed by atoms with E-state index in [1.54, 1.807) is 13.0 Å². The summed E-state index contributed by atoms with van der Waals surface area (Å²) < 4.78 is 14.1. The van der Waals surface area contributed by atoms with Crippen molar-refractivity contribution in [1.82, 2.24) is 5.32 Å². The Morgan fingerprint density at radius 2 is 2.19 bits per heavy atom. The third-order valence-electron chi connectivity index (χ3n) is 2.93. The Morgan fingerprint density at radius 3 is 2.67 bits per heavy atom. The summed E-state index contributed by atoms with van der Waals surface area (Å²) in [4.78, 5) is 23.0. The van der Waals surface area contributed by atoms with Crippen molar-refractivity contribution in [2.75, 3.05) is 5.32 Å². The van der Waals surface area contributed by atoms with E-state index >= 15 is 0 Å². The van der Waals surface area contributed by atoms with Gasteiger partial charge in [0.05, 0.1) is 5.69 Å². The van der Waals surface area contributed by atoms with Crippen LogP contribution in [0, 0.1) is 11.7 Å². The van der Waals surface area contributed by atoms with Gasteiger partial charge < -0.3 is 15.7 Å². The number of amides is 2. The molecule has 1 rings (SSSR count). The van der Waals surface area contributed by atoms with E-state index in [9.17, 15) is 14.0 Å². The van der Waals surface area contributed by atoms with Gasteiger partial charge in [-0.15, -0.1) is 6.58 Å². The van der Waals surface area contributed by atoms with E-state index in [0.29, 0.717) is 10.9 Å². The third kappa shape index (κ3) is 4.86. The molecule has 2 amide bonds. The molecule has 2 atom stereocenters. The van der Waals surface area contributed by atoms with Crippen molar-refractivity contribution >= 4 is 33.6 Å². The molecule has 21 heavy (non-hydrogen) atoms. The highest BCUT2D eigenvalue weighted by Gasteiger charge is 2.26. The fourth-order valence-electron chi connectivity index (χ4n) is 1.78. The normalized spacial score (nSPS) is 13.1. The maximum atomic E-state index is 13.6. The van der Waals surface area contributed by atoms with Crippen molar-refractivity contribution < 1.29 is 19.1 Å². The molecule has 3 N–H and O–H groups in total. The number of hydrogen-bond acceptors (Lipinski definition) is 2. The molecule has 1 aromatic rings. The maximum Gasteiger partial charge on any atom is 0.326 e. The van der Waals surface area contributed by atoms with Crippen LogP contribution in [0.3, 0.4) is 0 Å². The van der Waals surface area contributed by atoms with Gasteiger partial charge in [0.25, 0.3) is 0 Å². The molecule has 0 spiro atoms. The van der Waals surface area contributed by atoms with Crippen molar-refractivity contribution in [3.63, 3.8) is 0 Å². The number of nitrogens with one attached hydrogen (secondary N) is 2. The lowest BCUT2D eigenvalue weighted by molar-refractivity contribution is -0.140. The summed E-state index contributed by atoms with van der Waals surface area (Å²) >= 11 is 3.10. The van der Waals surface area contributed by atoms with Crippen LogP contribution in [0.25, 0.3) is 0 Å². The van der Waals surface area contributed by atoms with Crippen molar-refractivity contribution in [2.24, 2.45) is 5.92 Å². The minimum Gasteiger partial charge on any atom is -0.480 e. The molecule has 0 heterocycles. The van der Waals surface area contributed by atoms with Crippen LogP contribution in [0.5, 0.6) is 0 Å². The summed E-state index contributed by atoms with van der Waals surface area (Å²) in [6.45, 7) is 5.34. The van der Waals surface area contributed by atoms with E-state index in [4.69, 9.17) is 5.11 Å². The minimum atomic E-state index is -1.17. The molecule has 0 fully saturated rings. The molecule has 0 aliphatic rings. The average Bonchev–Trinajstić information content (AvgIpc) is 2.42. The van der Waals surface area contributed by atoms with E-state index in [0.717, 1.165) is 0 Å². The number of rotatable bonds is 6. The van der Waals surface area contributed by atoms with E-state index < -0.39 is 29.8 Å². The molecule has 0 aromatic heterocycles. The highest BCUT2D eigenvalue weighted by Crippen LogP contribution is 2.19. The first-order valence-corrected chi connectivity index (χ1v) is 7.06. The summed E-state index contributed by atoms with van der Waals surface area (Å²) in [5, 5.41) is 13.7. The van der Waals surface area contributed by atoms with Gasteiger partial charge in [-0.1, -0.05) is 28.9 Å². The van der Waals surface area contributed by atoms with Crippen molar-refractivity contribution in [3.8, 4) is 0 Å². The lowest BCUT2D eigenvalue weighted by Crippen LogP contribution is -2.47. The Labute approximate surface area is 130 Å². The van der Waals surface area contributed by atoms with Crippen LogP contribution in [0.2, 0.25) is 0 Å². The number of carboxylic acid groups (broad SMARTS) is 1. The van der Waals surface area contributed by atoms with Crippen LogP contribution in [-0.4, -0.2) is 23.1 Å². The van der Waals surface area contributed by atoms with Gasteiger partial charge in [0.2, 0.25) is 0 Å². The zero-order chi connectivity index (χ0) is 16.0. The number of anilines is 1. The second kappa shape index (κ2) is 7.78. The number of aliphatic carboxylic acids is 1. The minimum absolute atomic E-state index is 0.0357. The van der Waals surface area contributed by atoms with Gasteiger partial charge in [-0.2, -0.15) is 0 Å². The van der Waals surface area contributed by atoms with Crippen LogP contribution in [-0.2, 0) is 4.79 Å². The molecular formula is C14H16BrFN2O3. The molecule has 1 aromatic carbocycles. The Morgan fingerprint density at radius 1 is 1.52 bits per heavy atom. The summed E-state index contributed by atoms with van der Waals surface area (Å²) in [6.07, 6.45) is 1.98. The Kier molecular flexibility index (Phi) is 6.36. The van der Waals surface area contributed by atoms with Gasteiger partial charge in [0, 0.05) is 10.4 Å². The van der Waals surface area contributed by atoms with Gasteiger partial charge in [-0.3, -0.25) is 0 Å². The van der Waals surface area contributed by atoms with Gasteiger partial charge in [0.1, 0.15) is 11.9 Å². The van der Waals surface area contributed by atoms with Crippen molar-refractivity contribution in [2.45, 2.75) is 19.4 Å². The van der Waals surface area contributed by atoms with Crippen LogP contribution in [0.4, 0.5) is 14.9 Å². The van der Waals surface area contributed by atoms with E-state index in [2.05, 4.69) is 33.1 Å². The Hall–Kier alpha value is -1.89. The lowest BCUT2D eigenvalue weighted by atomic mass is 9.97. The number of benzene rings is 1. The number of urea groups is 1. The number of carboxylic acids is 1. The second-order valence-electron chi connectivity index (χ2n) is 4.35. The van der Waals surface area contributed by atoms with Crippen LogP contribution in [0.15, 0.2) is 35.3 Å². The van der Waals surface area contributed by atoms with Gasteiger partial charge in [-0.25, -0.2) is 14.0 Å². The fourth-order valence-corrected chi connectivity index (χ4v) is 2.11. The summed E-state index contributed by atoms with van der Waals surface area (Å²) in [6, 6.07) is 2.23. The maximum absolute atomic E-state index is 13.6. The summed E-state index contributed by atoms with van der Waals surface area (Å²) in [5.41, 5.74) is -0.0357. The molecule has 0 aliphatic heterocycles. The lowest BCUT2D eigenvalue weighted by Gasteiger charge is -2.21. The molecule has 114 valence electrons. The first kappa shape index (κ1) is 17.2. The van der Waals surface area contributed by atoms with Crippen LogP contribution < -0.4 is 10.6 Å². The summed E-state index contributed by atoms with van der Waals surface area (Å²) in [7, 11) is 0. The zero-order valence-corrected chi connectivity index (χ0v) is 13.0. The molecule has 0 saturated carbocycles. The molecule has 0 unspecified atom stereocenters. The predicted molar refractivity (Wildman–Crippen MR) is 81.7 cm³/mol. The van der Waals surface area contributed by atoms with E-state index in [1.807, 2.05) is 0 Å². The molecule has 5 nitrogen and oxygen atoms in total. The first-order valence-electron chi connectivity index (χ1n) is 6.27.